The van der Waals surface area contributed by atoms with Crippen molar-refractivity contribution in [2.75, 3.05) is 39.4 Å². The van der Waals surface area contributed by atoms with Gasteiger partial charge in [-0.05, 0) is 37.1 Å². The summed E-state index contributed by atoms with van der Waals surface area (Å²) < 4.78 is 21.3. The number of carbonyl (C=O) groups excluding carboxylic acids is 2. The molecule has 8 heteroatoms. The normalized spacial score (nSPS) is 15.6. The van der Waals surface area contributed by atoms with Crippen LogP contribution < -0.4 is 24.3 Å². The molecular weight excluding hydrogens is 388 g/mol. The maximum atomic E-state index is 13.0. The second-order valence-corrected chi connectivity index (χ2v) is 7.16. The predicted octanol–water partition coefficient (Wildman–Crippen LogP) is 2.92. The first-order valence-corrected chi connectivity index (χ1v) is 9.81. The summed E-state index contributed by atoms with van der Waals surface area (Å²) in [6.07, 6.45) is 1.18. The second kappa shape index (κ2) is 8.52. The van der Waals surface area contributed by atoms with E-state index in [0.29, 0.717) is 60.2 Å². The van der Waals surface area contributed by atoms with E-state index < -0.39 is 0 Å². The Morgan fingerprint density at radius 2 is 1.80 bits per heavy atom. The molecule has 0 bridgehead atoms. The summed E-state index contributed by atoms with van der Waals surface area (Å²) in [5.74, 6) is 1.90. The molecule has 2 aliphatic heterocycles. The van der Waals surface area contributed by atoms with Crippen molar-refractivity contribution >= 4 is 17.5 Å². The smallest absolute Gasteiger partial charge is 0.257 e. The molecule has 8 nitrogen and oxygen atoms in total. The van der Waals surface area contributed by atoms with E-state index in [1.54, 1.807) is 41.3 Å². The van der Waals surface area contributed by atoms with Gasteiger partial charge < -0.3 is 29.2 Å². The van der Waals surface area contributed by atoms with E-state index in [9.17, 15) is 9.59 Å². The number of amides is 2. The van der Waals surface area contributed by atoms with Crippen LogP contribution >= 0.6 is 0 Å². The maximum Gasteiger partial charge on any atom is 0.257 e. The van der Waals surface area contributed by atoms with Crippen LogP contribution in [0.15, 0.2) is 36.4 Å². The lowest BCUT2D eigenvalue weighted by atomic mass is 9.95. The first kappa shape index (κ1) is 19.9. The number of methoxy groups -OCH3 is 2. The van der Waals surface area contributed by atoms with Crippen LogP contribution in [0.25, 0.3) is 0 Å². The molecule has 0 aliphatic carbocycles. The van der Waals surface area contributed by atoms with Crippen molar-refractivity contribution in [1.82, 2.24) is 4.90 Å². The largest absolute Gasteiger partial charge is 0.493 e. The van der Waals surface area contributed by atoms with E-state index in [1.165, 1.54) is 14.2 Å². The molecule has 2 amide bonds. The number of nitrogens with one attached hydrogen (secondary N) is 1. The molecule has 1 saturated heterocycles. The molecule has 4 rings (SSSR count). The van der Waals surface area contributed by atoms with Crippen molar-refractivity contribution < 1.29 is 28.5 Å². The molecule has 0 unspecified atom stereocenters. The number of hydrogen-bond donors (Lipinski definition) is 1. The van der Waals surface area contributed by atoms with Gasteiger partial charge in [0.05, 0.1) is 19.8 Å². The summed E-state index contributed by atoms with van der Waals surface area (Å²) in [5, 5.41) is 2.94. The van der Waals surface area contributed by atoms with Gasteiger partial charge in [0.1, 0.15) is 0 Å². The Labute approximate surface area is 174 Å². The Kier molecular flexibility index (Phi) is 5.65. The molecular formula is C22H24N2O6. The first-order valence-electron chi connectivity index (χ1n) is 9.81. The summed E-state index contributed by atoms with van der Waals surface area (Å²) in [6.45, 7) is 1.19. The molecule has 0 aromatic heterocycles. The van der Waals surface area contributed by atoms with Gasteiger partial charge in [-0.1, -0.05) is 6.07 Å². The molecule has 2 aromatic rings. The molecule has 0 radical (unpaired) electrons. The highest BCUT2D eigenvalue weighted by atomic mass is 16.7. The van der Waals surface area contributed by atoms with Gasteiger partial charge in [0, 0.05) is 30.8 Å². The zero-order valence-corrected chi connectivity index (χ0v) is 17.0. The van der Waals surface area contributed by atoms with Gasteiger partial charge in [-0.15, -0.1) is 0 Å². The summed E-state index contributed by atoms with van der Waals surface area (Å²) in [6, 6.07) is 10.6. The Hall–Kier alpha value is -3.42. The second-order valence-electron chi connectivity index (χ2n) is 7.16. The minimum Gasteiger partial charge on any atom is -0.493 e. The number of carbonyl (C=O) groups is 2. The Morgan fingerprint density at radius 1 is 1.03 bits per heavy atom. The third kappa shape index (κ3) is 3.85. The minimum absolute atomic E-state index is 0.0556. The molecule has 158 valence electrons. The van der Waals surface area contributed by atoms with Crippen molar-refractivity contribution in [1.29, 1.82) is 0 Å². The number of ether oxygens (including phenoxy) is 4. The van der Waals surface area contributed by atoms with Crippen molar-refractivity contribution in [3.8, 4) is 23.0 Å². The van der Waals surface area contributed by atoms with Crippen LogP contribution in [0.2, 0.25) is 0 Å². The average Bonchev–Trinajstić information content (AvgIpc) is 3.26. The van der Waals surface area contributed by atoms with Crippen molar-refractivity contribution in [3.05, 3.63) is 42.0 Å². The Morgan fingerprint density at radius 3 is 2.53 bits per heavy atom. The number of rotatable bonds is 5. The van der Waals surface area contributed by atoms with Crippen LogP contribution in [0, 0.1) is 5.92 Å². The number of fused-ring (bicyclic) bond motifs is 1. The molecule has 2 heterocycles. The number of piperidine rings is 1. The van der Waals surface area contributed by atoms with Crippen molar-refractivity contribution in [2.24, 2.45) is 5.92 Å². The van der Waals surface area contributed by atoms with Crippen LogP contribution in [-0.4, -0.2) is 50.8 Å². The van der Waals surface area contributed by atoms with E-state index in [4.69, 9.17) is 18.9 Å². The molecule has 30 heavy (non-hydrogen) atoms. The zero-order chi connectivity index (χ0) is 21.1. The molecule has 0 saturated carbocycles. The van der Waals surface area contributed by atoms with Crippen LogP contribution in [-0.2, 0) is 4.79 Å². The van der Waals surface area contributed by atoms with Crippen LogP contribution in [0.1, 0.15) is 23.2 Å². The Balaban J connectivity index is 1.37. The van der Waals surface area contributed by atoms with Gasteiger partial charge in [0.15, 0.2) is 23.0 Å². The molecule has 1 fully saturated rings. The molecule has 0 spiro atoms. The van der Waals surface area contributed by atoms with Gasteiger partial charge in [-0.3, -0.25) is 9.59 Å². The monoisotopic (exact) mass is 412 g/mol. The van der Waals surface area contributed by atoms with Crippen LogP contribution in [0.4, 0.5) is 5.69 Å². The van der Waals surface area contributed by atoms with Crippen molar-refractivity contribution in [3.63, 3.8) is 0 Å². The van der Waals surface area contributed by atoms with Crippen molar-refractivity contribution in [2.45, 2.75) is 12.8 Å². The third-order valence-electron chi connectivity index (χ3n) is 5.43. The number of likely N-dealkylation sites (tertiary alicyclic amines) is 1. The number of nitrogens with zero attached hydrogens (tertiary/aromatic N) is 1. The topological polar surface area (TPSA) is 86.3 Å². The lowest BCUT2D eigenvalue weighted by Crippen LogP contribution is -2.41. The highest BCUT2D eigenvalue weighted by Gasteiger charge is 2.30. The van der Waals surface area contributed by atoms with Crippen LogP contribution in [0.3, 0.4) is 0 Å². The van der Waals surface area contributed by atoms with Gasteiger partial charge in [-0.2, -0.15) is 0 Å². The van der Waals surface area contributed by atoms with E-state index in [0.717, 1.165) is 0 Å². The summed E-state index contributed by atoms with van der Waals surface area (Å²) in [7, 11) is 3.05. The molecule has 0 atom stereocenters. The van der Waals surface area contributed by atoms with Crippen LogP contribution in [0.5, 0.6) is 23.0 Å². The van der Waals surface area contributed by atoms with E-state index in [2.05, 4.69) is 5.32 Å². The lowest BCUT2D eigenvalue weighted by molar-refractivity contribution is -0.121. The summed E-state index contributed by atoms with van der Waals surface area (Å²) in [5.41, 5.74) is 1.13. The minimum atomic E-state index is -0.160. The van der Waals surface area contributed by atoms with Gasteiger partial charge in [-0.25, -0.2) is 0 Å². The molecule has 2 aromatic carbocycles. The average molecular weight is 412 g/mol. The summed E-state index contributed by atoms with van der Waals surface area (Å²) >= 11 is 0. The highest BCUT2D eigenvalue weighted by Crippen LogP contribution is 2.35. The number of hydrogen-bond acceptors (Lipinski definition) is 6. The standard InChI is InChI=1S/C22H24N2O6/c1-27-18-5-3-4-16(20(18)28-2)22(26)24-10-8-14(9-11-24)21(25)23-15-6-7-17-19(12-15)30-13-29-17/h3-7,12,14H,8-11,13H2,1-2H3,(H,23,25). The number of benzene rings is 2. The fourth-order valence-electron chi connectivity index (χ4n) is 3.79. The fraction of sp³-hybridized carbons (Fsp3) is 0.364. The Bertz CT molecular complexity index is 953. The highest BCUT2D eigenvalue weighted by molar-refractivity contribution is 5.98. The van der Waals surface area contributed by atoms with E-state index in [1.807, 2.05) is 0 Å². The molecule has 1 N–H and O–H groups in total. The number of anilines is 1. The van der Waals surface area contributed by atoms with Gasteiger partial charge in [0.2, 0.25) is 12.7 Å². The number of para-hydroxylation sites is 1. The third-order valence-corrected chi connectivity index (χ3v) is 5.43. The van der Waals surface area contributed by atoms with E-state index >= 15 is 0 Å². The summed E-state index contributed by atoms with van der Waals surface area (Å²) in [4.78, 5) is 27.4. The lowest BCUT2D eigenvalue weighted by Gasteiger charge is -2.31. The fourth-order valence-corrected chi connectivity index (χ4v) is 3.79. The first-order chi connectivity index (χ1) is 14.6. The SMILES string of the molecule is COc1cccc(C(=O)N2CCC(C(=O)Nc3ccc4c(c3)OCO4)CC2)c1OC. The maximum absolute atomic E-state index is 13.0. The zero-order valence-electron chi connectivity index (χ0n) is 17.0. The van der Waals surface area contributed by atoms with Gasteiger partial charge in [0.25, 0.3) is 5.91 Å². The molecule has 2 aliphatic rings. The van der Waals surface area contributed by atoms with E-state index in [-0.39, 0.29) is 24.5 Å². The van der Waals surface area contributed by atoms with Gasteiger partial charge >= 0.3 is 0 Å². The quantitative estimate of drug-likeness (QED) is 0.813. The predicted molar refractivity (Wildman–Crippen MR) is 109 cm³/mol.